The van der Waals surface area contributed by atoms with Gasteiger partial charge in [0.15, 0.2) is 12.4 Å². The fraction of sp³-hybridized carbons (Fsp3) is 0.0833. The molecule has 13 heavy (non-hydrogen) atoms. The largest absolute Gasteiger partial charge is 0.221 e. The van der Waals surface area contributed by atoms with E-state index in [1.165, 1.54) is 16.5 Å². The molecule has 1 aliphatic heterocycles. The minimum Gasteiger partial charge on any atom is -0.167 e. The van der Waals surface area contributed by atoms with Crippen LogP contribution in [0.3, 0.4) is 0 Å². The first-order valence-corrected chi connectivity index (χ1v) is 4.53. The van der Waals surface area contributed by atoms with Gasteiger partial charge >= 0.3 is 0 Å². The van der Waals surface area contributed by atoms with Crippen LogP contribution in [0.25, 0.3) is 17.1 Å². The molecule has 0 amide bonds. The second kappa shape index (κ2) is 2.43. The molecule has 0 fully saturated rings. The monoisotopic (exact) mass is 168 g/mol. The molecule has 1 aromatic carbocycles. The lowest BCUT2D eigenvalue weighted by Gasteiger charge is -2.05. The van der Waals surface area contributed by atoms with Crippen LogP contribution >= 0.6 is 0 Å². The Hall–Kier alpha value is -1.63. The average molecular weight is 168 g/mol. The van der Waals surface area contributed by atoms with Crippen molar-refractivity contribution < 1.29 is 4.57 Å². The maximum absolute atomic E-state index is 2.20. The molecule has 0 radical (unpaired) electrons. The summed E-state index contributed by atoms with van der Waals surface area (Å²) in [5.41, 5.74) is 2.77. The summed E-state index contributed by atoms with van der Waals surface area (Å²) in [5, 5.41) is 1.32. The molecule has 1 aromatic heterocycles. The average Bonchev–Trinajstić information content (AvgIpc) is 2.19. The predicted molar refractivity (Wildman–Crippen MR) is 53.2 cm³/mol. The fourth-order valence-corrected chi connectivity index (χ4v) is 1.96. The summed E-state index contributed by atoms with van der Waals surface area (Å²) >= 11 is 0. The first-order chi connectivity index (χ1) is 6.45. The van der Waals surface area contributed by atoms with E-state index in [4.69, 9.17) is 0 Å². The van der Waals surface area contributed by atoms with Crippen molar-refractivity contribution >= 4 is 17.1 Å². The normalized spacial score (nSPS) is 13.5. The number of pyridine rings is 1. The zero-order chi connectivity index (χ0) is 8.67. The van der Waals surface area contributed by atoms with E-state index in [9.17, 15) is 0 Å². The van der Waals surface area contributed by atoms with Crippen molar-refractivity contribution in [2.75, 3.05) is 0 Å². The third kappa shape index (κ3) is 0.903. The lowest BCUT2D eigenvalue weighted by atomic mass is 10.0. The van der Waals surface area contributed by atoms with Gasteiger partial charge in [-0.25, -0.2) is 0 Å². The Morgan fingerprint density at radius 1 is 1.08 bits per heavy atom. The molecule has 0 bridgehead atoms. The van der Waals surface area contributed by atoms with E-state index in [0.717, 1.165) is 6.42 Å². The van der Waals surface area contributed by atoms with Gasteiger partial charge in [-0.3, -0.25) is 0 Å². The molecule has 62 valence electrons. The lowest BCUT2D eigenvalue weighted by molar-refractivity contribution is -0.540. The first kappa shape index (κ1) is 6.84. The zero-order valence-electron chi connectivity index (χ0n) is 7.27. The van der Waals surface area contributed by atoms with Gasteiger partial charge < -0.3 is 0 Å². The van der Waals surface area contributed by atoms with Crippen molar-refractivity contribution in [3.8, 4) is 0 Å². The maximum atomic E-state index is 2.20. The van der Waals surface area contributed by atoms with Crippen LogP contribution in [0.1, 0.15) is 5.56 Å². The summed E-state index contributed by atoms with van der Waals surface area (Å²) in [5.74, 6) is 0. The highest BCUT2D eigenvalue weighted by atomic mass is 14.9. The molecule has 0 N–H and O–H groups in total. The Kier molecular flexibility index (Phi) is 1.28. The highest BCUT2D eigenvalue weighted by Crippen LogP contribution is 2.17. The standard InChI is InChI=1S/C12H10N/c1-4-10-6-2-8-13-9-3-7-11(5-1)12(10)13/h1-6,8-9H,7H2/q+1. The van der Waals surface area contributed by atoms with E-state index in [1.54, 1.807) is 0 Å². The molecule has 0 unspecified atom stereocenters. The summed E-state index contributed by atoms with van der Waals surface area (Å²) in [4.78, 5) is 0. The van der Waals surface area contributed by atoms with Gasteiger partial charge in [0.2, 0.25) is 5.52 Å². The summed E-state index contributed by atoms with van der Waals surface area (Å²) in [6.07, 6.45) is 7.49. The van der Waals surface area contributed by atoms with Crippen LogP contribution in [0.2, 0.25) is 0 Å². The van der Waals surface area contributed by atoms with Crippen LogP contribution in [-0.4, -0.2) is 0 Å². The Balaban J connectivity index is 2.56. The summed E-state index contributed by atoms with van der Waals surface area (Å²) in [6.45, 7) is 0. The van der Waals surface area contributed by atoms with Gasteiger partial charge in [-0.2, -0.15) is 4.57 Å². The van der Waals surface area contributed by atoms with Crippen LogP contribution in [0, 0.1) is 0 Å². The molecular formula is C12H10N+. The van der Waals surface area contributed by atoms with E-state index < -0.39 is 0 Å². The van der Waals surface area contributed by atoms with Gasteiger partial charge in [0.25, 0.3) is 0 Å². The molecule has 3 rings (SSSR count). The van der Waals surface area contributed by atoms with Crippen molar-refractivity contribution in [1.29, 1.82) is 0 Å². The van der Waals surface area contributed by atoms with E-state index in [2.05, 4.69) is 53.4 Å². The number of benzene rings is 1. The number of hydrogen-bond donors (Lipinski definition) is 0. The molecule has 1 nitrogen and oxygen atoms in total. The van der Waals surface area contributed by atoms with Gasteiger partial charge in [-0.05, 0) is 18.2 Å². The van der Waals surface area contributed by atoms with Gasteiger partial charge in [-0.15, -0.1) is 0 Å². The van der Waals surface area contributed by atoms with E-state index in [-0.39, 0.29) is 0 Å². The Morgan fingerprint density at radius 2 is 2.00 bits per heavy atom. The SMILES string of the molecule is C1=C[n+]2cccc3cccc(c32)C1. The van der Waals surface area contributed by atoms with Crippen molar-refractivity contribution in [3.05, 3.63) is 48.2 Å². The van der Waals surface area contributed by atoms with Crippen molar-refractivity contribution in [2.45, 2.75) is 6.42 Å². The molecule has 1 heteroatoms. The quantitative estimate of drug-likeness (QED) is 0.531. The molecule has 0 saturated heterocycles. The zero-order valence-corrected chi connectivity index (χ0v) is 7.27. The van der Waals surface area contributed by atoms with E-state index >= 15 is 0 Å². The number of nitrogens with zero attached hydrogens (tertiary/aromatic N) is 1. The van der Waals surface area contributed by atoms with Crippen LogP contribution in [0.4, 0.5) is 0 Å². The van der Waals surface area contributed by atoms with Crippen LogP contribution in [0.5, 0.6) is 0 Å². The van der Waals surface area contributed by atoms with Crippen LogP contribution in [0.15, 0.2) is 42.6 Å². The second-order valence-corrected chi connectivity index (χ2v) is 3.36. The minimum atomic E-state index is 1.06. The molecule has 2 aromatic rings. The molecule has 1 aliphatic rings. The van der Waals surface area contributed by atoms with Gasteiger partial charge in [-0.1, -0.05) is 12.1 Å². The molecule has 0 saturated carbocycles. The highest BCUT2D eigenvalue weighted by molar-refractivity contribution is 5.80. The third-order valence-corrected chi connectivity index (χ3v) is 2.54. The van der Waals surface area contributed by atoms with Crippen molar-refractivity contribution in [2.24, 2.45) is 0 Å². The second-order valence-electron chi connectivity index (χ2n) is 3.36. The number of para-hydroxylation sites is 1. The van der Waals surface area contributed by atoms with Crippen molar-refractivity contribution in [1.82, 2.24) is 0 Å². The summed E-state index contributed by atoms with van der Waals surface area (Å²) in [7, 11) is 0. The molecular weight excluding hydrogens is 158 g/mol. The topological polar surface area (TPSA) is 3.88 Å². The van der Waals surface area contributed by atoms with Gasteiger partial charge in [0.1, 0.15) is 0 Å². The van der Waals surface area contributed by atoms with E-state index in [1.807, 2.05) is 0 Å². The maximum Gasteiger partial charge on any atom is 0.221 e. The predicted octanol–water partition coefficient (Wildman–Crippen LogP) is 2.15. The summed E-state index contributed by atoms with van der Waals surface area (Å²) in [6, 6.07) is 10.7. The molecule has 0 spiro atoms. The van der Waals surface area contributed by atoms with Gasteiger partial charge in [0, 0.05) is 23.4 Å². The Bertz CT molecular complexity index is 492. The number of allylic oxidation sites excluding steroid dienone is 1. The summed E-state index contributed by atoms with van der Waals surface area (Å²) < 4.78 is 2.19. The Labute approximate surface area is 76.9 Å². The molecule has 0 atom stereocenters. The van der Waals surface area contributed by atoms with Crippen LogP contribution in [-0.2, 0) is 6.42 Å². The lowest BCUT2D eigenvalue weighted by Crippen LogP contribution is -2.29. The van der Waals surface area contributed by atoms with Crippen molar-refractivity contribution in [3.63, 3.8) is 0 Å². The number of hydrogen-bond acceptors (Lipinski definition) is 0. The van der Waals surface area contributed by atoms with E-state index in [0.29, 0.717) is 0 Å². The smallest absolute Gasteiger partial charge is 0.167 e. The Morgan fingerprint density at radius 3 is 3.00 bits per heavy atom. The third-order valence-electron chi connectivity index (χ3n) is 2.54. The molecule has 0 aliphatic carbocycles. The highest BCUT2D eigenvalue weighted by Gasteiger charge is 2.13. The minimum absolute atomic E-state index is 1.06. The first-order valence-electron chi connectivity index (χ1n) is 4.53. The van der Waals surface area contributed by atoms with Gasteiger partial charge in [0.05, 0.1) is 0 Å². The number of aromatic nitrogens is 1. The fourth-order valence-electron chi connectivity index (χ4n) is 1.96. The number of rotatable bonds is 0. The van der Waals surface area contributed by atoms with Crippen LogP contribution < -0.4 is 4.57 Å². The molecule has 2 heterocycles.